The first kappa shape index (κ1) is 17.6. The zero-order chi connectivity index (χ0) is 15.0. The average molecular weight is 272 g/mol. The smallest absolute Gasteiger partial charge is 0.302 e. The molecule has 6 nitrogen and oxygen atoms in total. The van der Waals surface area contributed by atoms with Crippen molar-refractivity contribution in [3.63, 3.8) is 0 Å². The molecular weight excluding hydrogens is 248 g/mol. The number of Topliss-reactive ketones (excluding diaryl/α,β-unsaturated/α-hetero) is 1. The molecule has 0 radical (unpaired) electrons. The Morgan fingerprint density at radius 1 is 1.32 bits per heavy atom. The standard InChI is InChI=1S/C13H24N2O4/c1-9(7-8-14-18-6)13(19-11(3)17)12(10(2)16)15(4)5/h8-9,12-13H,7H2,1-6H3/b14-8-/t9-,12-,13?/m1/s1. The molecule has 0 aliphatic carbocycles. The van der Waals surface area contributed by atoms with Crippen LogP contribution in [0.25, 0.3) is 0 Å². The third-order valence-corrected chi connectivity index (χ3v) is 2.80. The van der Waals surface area contributed by atoms with Crippen molar-refractivity contribution in [2.24, 2.45) is 11.1 Å². The fourth-order valence-corrected chi connectivity index (χ4v) is 1.99. The van der Waals surface area contributed by atoms with Crippen LogP contribution in [0.2, 0.25) is 0 Å². The fraction of sp³-hybridized carbons (Fsp3) is 0.769. The Morgan fingerprint density at radius 3 is 2.26 bits per heavy atom. The maximum absolute atomic E-state index is 11.8. The predicted octanol–water partition coefficient (Wildman–Crippen LogP) is 1.10. The maximum atomic E-state index is 11.8. The molecule has 0 saturated heterocycles. The largest absolute Gasteiger partial charge is 0.460 e. The van der Waals surface area contributed by atoms with Gasteiger partial charge in [0.15, 0.2) is 5.78 Å². The van der Waals surface area contributed by atoms with Gasteiger partial charge in [0.2, 0.25) is 0 Å². The fourth-order valence-electron chi connectivity index (χ4n) is 1.99. The van der Waals surface area contributed by atoms with Gasteiger partial charge in [-0.2, -0.15) is 0 Å². The van der Waals surface area contributed by atoms with E-state index in [1.165, 1.54) is 21.0 Å². The topological polar surface area (TPSA) is 68.2 Å². The highest BCUT2D eigenvalue weighted by atomic mass is 16.6. The maximum Gasteiger partial charge on any atom is 0.302 e. The number of oxime groups is 1. The normalized spacial score (nSPS) is 16.2. The van der Waals surface area contributed by atoms with E-state index in [4.69, 9.17) is 4.74 Å². The van der Waals surface area contributed by atoms with Crippen LogP contribution < -0.4 is 0 Å². The predicted molar refractivity (Wildman–Crippen MR) is 73.0 cm³/mol. The molecule has 0 spiro atoms. The van der Waals surface area contributed by atoms with Crippen LogP contribution in [0.1, 0.15) is 27.2 Å². The van der Waals surface area contributed by atoms with Gasteiger partial charge in [0.25, 0.3) is 0 Å². The van der Waals surface area contributed by atoms with Crippen molar-refractivity contribution in [1.82, 2.24) is 4.90 Å². The summed E-state index contributed by atoms with van der Waals surface area (Å²) in [6, 6.07) is -0.463. The molecule has 0 fully saturated rings. The zero-order valence-corrected chi connectivity index (χ0v) is 12.5. The van der Waals surface area contributed by atoms with E-state index in [0.29, 0.717) is 6.42 Å². The molecule has 0 N–H and O–H groups in total. The first-order valence-corrected chi connectivity index (χ1v) is 6.20. The van der Waals surface area contributed by atoms with Crippen LogP contribution in [0, 0.1) is 5.92 Å². The lowest BCUT2D eigenvalue weighted by Crippen LogP contribution is -2.49. The van der Waals surface area contributed by atoms with Crippen molar-refractivity contribution in [2.75, 3.05) is 21.2 Å². The van der Waals surface area contributed by atoms with Gasteiger partial charge in [-0.15, -0.1) is 0 Å². The van der Waals surface area contributed by atoms with Crippen LogP contribution in [0.15, 0.2) is 5.16 Å². The number of likely N-dealkylation sites (N-methyl/N-ethyl adjacent to an activating group) is 1. The van der Waals surface area contributed by atoms with Gasteiger partial charge in [-0.25, -0.2) is 0 Å². The number of rotatable bonds is 8. The second-order valence-corrected chi connectivity index (χ2v) is 4.78. The third-order valence-electron chi connectivity index (χ3n) is 2.80. The van der Waals surface area contributed by atoms with Gasteiger partial charge in [0.1, 0.15) is 19.3 Å². The number of nitrogens with zero attached hydrogens (tertiary/aromatic N) is 2. The summed E-state index contributed by atoms with van der Waals surface area (Å²) in [6.07, 6.45) is 1.66. The molecule has 0 aromatic heterocycles. The number of ketones is 1. The van der Waals surface area contributed by atoms with Crippen molar-refractivity contribution in [2.45, 2.75) is 39.3 Å². The SMILES string of the molecule is CO/N=C\C[C@@H](C)C(OC(C)=O)[C@@H](C(C)=O)N(C)C. The van der Waals surface area contributed by atoms with Gasteiger partial charge in [-0.1, -0.05) is 12.1 Å². The van der Waals surface area contributed by atoms with Gasteiger partial charge in [0.05, 0.1) is 0 Å². The van der Waals surface area contributed by atoms with Crippen molar-refractivity contribution in [3.05, 3.63) is 0 Å². The molecular formula is C13H24N2O4. The number of ether oxygens (including phenoxy) is 1. The van der Waals surface area contributed by atoms with E-state index >= 15 is 0 Å². The number of hydrogen-bond acceptors (Lipinski definition) is 6. The van der Waals surface area contributed by atoms with Crippen LogP contribution in [0.4, 0.5) is 0 Å². The summed E-state index contributed by atoms with van der Waals surface area (Å²) < 4.78 is 5.32. The molecule has 0 aliphatic heterocycles. The molecule has 0 bridgehead atoms. The molecule has 0 amide bonds. The van der Waals surface area contributed by atoms with Crippen LogP contribution in [0.3, 0.4) is 0 Å². The molecule has 110 valence electrons. The Morgan fingerprint density at radius 2 is 1.89 bits per heavy atom. The highest BCUT2D eigenvalue weighted by molar-refractivity contribution is 5.82. The highest BCUT2D eigenvalue weighted by Gasteiger charge is 2.34. The second kappa shape index (κ2) is 8.63. The molecule has 0 aromatic carbocycles. The van der Waals surface area contributed by atoms with Crippen LogP contribution in [0.5, 0.6) is 0 Å². The lowest BCUT2D eigenvalue weighted by atomic mass is 9.92. The van der Waals surface area contributed by atoms with E-state index in [0.717, 1.165) is 0 Å². The van der Waals surface area contributed by atoms with E-state index in [9.17, 15) is 9.59 Å². The first-order chi connectivity index (χ1) is 8.81. The molecule has 6 heteroatoms. The van der Waals surface area contributed by atoms with Gasteiger partial charge in [-0.05, 0) is 27.4 Å². The second-order valence-electron chi connectivity index (χ2n) is 4.78. The Bertz CT molecular complexity index is 329. The highest BCUT2D eigenvalue weighted by Crippen LogP contribution is 2.19. The molecule has 0 heterocycles. The summed E-state index contributed by atoms with van der Waals surface area (Å²) in [5.74, 6) is -0.473. The number of esters is 1. The molecule has 0 aliphatic rings. The van der Waals surface area contributed by atoms with E-state index in [-0.39, 0.29) is 11.7 Å². The Balaban J connectivity index is 5.00. The van der Waals surface area contributed by atoms with Crippen molar-refractivity contribution in [1.29, 1.82) is 0 Å². The molecule has 3 atom stereocenters. The van der Waals surface area contributed by atoms with E-state index in [1.807, 2.05) is 6.92 Å². The van der Waals surface area contributed by atoms with Crippen molar-refractivity contribution < 1.29 is 19.2 Å². The number of carbonyl (C=O) groups excluding carboxylic acids is 2. The van der Waals surface area contributed by atoms with Crippen molar-refractivity contribution >= 4 is 18.0 Å². The molecule has 1 unspecified atom stereocenters. The van der Waals surface area contributed by atoms with Gasteiger partial charge >= 0.3 is 5.97 Å². The van der Waals surface area contributed by atoms with E-state index in [1.54, 1.807) is 25.2 Å². The van der Waals surface area contributed by atoms with Gasteiger partial charge in [-0.3, -0.25) is 14.5 Å². The molecule has 0 aromatic rings. The minimum atomic E-state index is -0.506. The summed E-state index contributed by atoms with van der Waals surface area (Å²) >= 11 is 0. The quantitative estimate of drug-likeness (QED) is 0.376. The zero-order valence-electron chi connectivity index (χ0n) is 12.5. The third kappa shape index (κ3) is 6.33. The summed E-state index contributed by atoms with van der Waals surface area (Å²) in [5.41, 5.74) is 0. The molecule has 0 saturated carbocycles. The lowest BCUT2D eigenvalue weighted by molar-refractivity contribution is -0.154. The minimum Gasteiger partial charge on any atom is -0.460 e. The van der Waals surface area contributed by atoms with Gasteiger partial charge in [0, 0.05) is 19.1 Å². The van der Waals surface area contributed by atoms with Crippen LogP contribution in [-0.4, -0.2) is 56.2 Å². The first-order valence-electron chi connectivity index (χ1n) is 6.20. The lowest BCUT2D eigenvalue weighted by Gasteiger charge is -2.33. The number of carbonyl (C=O) groups is 2. The minimum absolute atomic E-state index is 0.0354. The van der Waals surface area contributed by atoms with E-state index in [2.05, 4.69) is 9.99 Å². The summed E-state index contributed by atoms with van der Waals surface area (Å²) in [6.45, 7) is 4.75. The summed E-state index contributed by atoms with van der Waals surface area (Å²) in [5, 5.41) is 3.66. The Kier molecular flexibility index (Phi) is 7.98. The number of hydrogen-bond donors (Lipinski definition) is 0. The van der Waals surface area contributed by atoms with Crippen molar-refractivity contribution in [3.8, 4) is 0 Å². The van der Waals surface area contributed by atoms with Crippen LogP contribution >= 0.6 is 0 Å². The Labute approximate surface area is 114 Å². The van der Waals surface area contributed by atoms with Crippen LogP contribution in [-0.2, 0) is 19.2 Å². The van der Waals surface area contributed by atoms with E-state index < -0.39 is 18.1 Å². The monoisotopic (exact) mass is 272 g/mol. The molecule has 0 rings (SSSR count). The summed E-state index contributed by atoms with van der Waals surface area (Å²) in [4.78, 5) is 29.3. The van der Waals surface area contributed by atoms with Gasteiger partial charge < -0.3 is 9.57 Å². The Hall–Kier alpha value is -1.43. The average Bonchev–Trinajstić information content (AvgIpc) is 2.26. The summed E-state index contributed by atoms with van der Waals surface area (Å²) in [7, 11) is 5.04. The molecule has 19 heavy (non-hydrogen) atoms.